The van der Waals surface area contributed by atoms with Gasteiger partial charge in [-0.25, -0.2) is 0 Å². The van der Waals surface area contributed by atoms with Gasteiger partial charge >= 0.3 is 6.18 Å². The summed E-state index contributed by atoms with van der Waals surface area (Å²) in [5.74, 6) is -1.02. The third-order valence-electron chi connectivity index (χ3n) is 3.71. The number of halogens is 3. The zero-order valence-corrected chi connectivity index (χ0v) is 10.4. The fourth-order valence-electron chi connectivity index (χ4n) is 2.70. The quantitative estimate of drug-likeness (QED) is 0.849. The molecule has 3 rings (SSSR count). The average molecular weight is 278 g/mol. The molecule has 1 aromatic rings. The Bertz CT molecular complexity index is 439. The van der Waals surface area contributed by atoms with Crippen molar-refractivity contribution in [3.05, 3.63) is 5.82 Å². The summed E-state index contributed by atoms with van der Waals surface area (Å²) in [7, 11) is 0. The maximum atomic E-state index is 12.4. The molecule has 2 fully saturated rings. The highest BCUT2D eigenvalue weighted by atomic mass is 32.1. The summed E-state index contributed by atoms with van der Waals surface area (Å²) in [6, 6.07) is 0. The highest BCUT2D eigenvalue weighted by Gasteiger charge is 2.42. The second kappa shape index (κ2) is 4.06. The van der Waals surface area contributed by atoms with Crippen LogP contribution in [-0.2, 0) is 6.18 Å². The highest BCUT2D eigenvalue weighted by Crippen LogP contribution is 2.39. The zero-order valence-electron chi connectivity index (χ0n) is 9.63. The summed E-state index contributed by atoms with van der Waals surface area (Å²) in [6.45, 7) is 3.51. The molecule has 0 aliphatic carbocycles. The molecule has 0 aromatic carbocycles. The number of hydrogen-bond donors (Lipinski definition) is 1. The van der Waals surface area contributed by atoms with Crippen LogP contribution in [0.25, 0.3) is 0 Å². The molecule has 1 aromatic heterocycles. The van der Waals surface area contributed by atoms with E-state index in [2.05, 4.69) is 14.7 Å². The van der Waals surface area contributed by atoms with Crippen LogP contribution in [0.5, 0.6) is 0 Å². The first-order chi connectivity index (χ1) is 8.49. The minimum absolute atomic E-state index is 0.226. The Kier molecular flexibility index (Phi) is 2.74. The van der Waals surface area contributed by atoms with Crippen LogP contribution in [0.2, 0.25) is 0 Å². The first kappa shape index (κ1) is 12.2. The fraction of sp³-hybridized carbons (Fsp3) is 0.800. The van der Waals surface area contributed by atoms with Crippen LogP contribution < -0.4 is 10.2 Å². The number of anilines is 1. The summed E-state index contributed by atoms with van der Waals surface area (Å²) >= 11 is 0.840. The SMILES string of the molecule is FC(F)(F)c1nsc(N2CCC3(CCNC3)C2)n1. The molecule has 1 atom stereocenters. The van der Waals surface area contributed by atoms with Crippen molar-refractivity contribution in [2.75, 3.05) is 31.1 Å². The Morgan fingerprint density at radius 1 is 1.33 bits per heavy atom. The Morgan fingerprint density at radius 3 is 2.78 bits per heavy atom. The Balaban J connectivity index is 1.75. The lowest BCUT2D eigenvalue weighted by Gasteiger charge is -2.21. The van der Waals surface area contributed by atoms with Crippen LogP contribution in [0, 0.1) is 5.41 Å². The van der Waals surface area contributed by atoms with Gasteiger partial charge in [-0.1, -0.05) is 0 Å². The van der Waals surface area contributed by atoms with Crippen LogP contribution in [0.15, 0.2) is 0 Å². The van der Waals surface area contributed by atoms with Gasteiger partial charge in [0.2, 0.25) is 11.0 Å². The molecule has 0 bridgehead atoms. The normalized spacial score (nSPS) is 28.5. The van der Waals surface area contributed by atoms with Crippen LogP contribution >= 0.6 is 11.5 Å². The van der Waals surface area contributed by atoms with Crippen molar-refractivity contribution in [1.82, 2.24) is 14.7 Å². The summed E-state index contributed by atoms with van der Waals surface area (Å²) < 4.78 is 40.7. The highest BCUT2D eigenvalue weighted by molar-refractivity contribution is 7.09. The maximum absolute atomic E-state index is 12.4. The molecule has 0 radical (unpaired) electrons. The van der Waals surface area contributed by atoms with Crippen LogP contribution in [0.1, 0.15) is 18.7 Å². The Labute approximate surface area is 106 Å². The number of hydrogen-bond acceptors (Lipinski definition) is 5. The molecule has 100 valence electrons. The Morgan fingerprint density at radius 2 is 2.17 bits per heavy atom. The van der Waals surface area contributed by atoms with Crippen LogP contribution in [0.3, 0.4) is 0 Å². The van der Waals surface area contributed by atoms with E-state index in [0.717, 1.165) is 50.6 Å². The van der Waals surface area contributed by atoms with Crippen molar-refractivity contribution < 1.29 is 13.2 Å². The molecule has 0 amide bonds. The van der Waals surface area contributed by atoms with Gasteiger partial charge in [0.25, 0.3) is 0 Å². The van der Waals surface area contributed by atoms with Crippen molar-refractivity contribution in [3.63, 3.8) is 0 Å². The van der Waals surface area contributed by atoms with Gasteiger partial charge < -0.3 is 10.2 Å². The molecule has 1 spiro atoms. The first-order valence-electron chi connectivity index (χ1n) is 5.85. The second-order valence-electron chi connectivity index (χ2n) is 5.00. The van der Waals surface area contributed by atoms with E-state index in [-0.39, 0.29) is 5.41 Å². The first-order valence-corrected chi connectivity index (χ1v) is 6.63. The second-order valence-corrected chi connectivity index (χ2v) is 5.73. The van der Waals surface area contributed by atoms with Crippen molar-refractivity contribution in [2.24, 2.45) is 5.41 Å². The van der Waals surface area contributed by atoms with E-state index in [0.29, 0.717) is 5.13 Å². The number of rotatable bonds is 1. The summed E-state index contributed by atoms with van der Waals surface area (Å²) in [5.41, 5.74) is 0.226. The van der Waals surface area contributed by atoms with E-state index in [4.69, 9.17) is 0 Å². The Hall–Kier alpha value is -0.890. The molecule has 18 heavy (non-hydrogen) atoms. The molecule has 3 heterocycles. The van der Waals surface area contributed by atoms with E-state index < -0.39 is 12.0 Å². The van der Waals surface area contributed by atoms with Crippen LogP contribution in [-0.4, -0.2) is 35.5 Å². The van der Waals surface area contributed by atoms with Gasteiger partial charge in [-0.05, 0) is 19.4 Å². The summed E-state index contributed by atoms with van der Waals surface area (Å²) in [5, 5.41) is 3.71. The lowest BCUT2D eigenvalue weighted by molar-refractivity contribution is -0.144. The molecule has 1 unspecified atom stereocenters. The largest absolute Gasteiger partial charge is 0.452 e. The summed E-state index contributed by atoms with van der Waals surface area (Å²) in [4.78, 5) is 5.54. The van der Waals surface area contributed by atoms with Gasteiger partial charge in [0, 0.05) is 36.6 Å². The maximum Gasteiger partial charge on any atom is 0.452 e. The van der Waals surface area contributed by atoms with Gasteiger partial charge in [0.05, 0.1) is 0 Å². The predicted molar refractivity (Wildman–Crippen MR) is 61.7 cm³/mol. The predicted octanol–water partition coefficient (Wildman–Crippen LogP) is 1.75. The molecular formula is C10H13F3N4S. The van der Waals surface area contributed by atoms with E-state index in [1.165, 1.54) is 0 Å². The molecule has 4 nitrogen and oxygen atoms in total. The van der Waals surface area contributed by atoms with Crippen molar-refractivity contribution in [2.45, 2.75) is 19.0 Å². The van der Waals surface area contributed by atoms with Gasteiger partial charge in [-0.2, -0.15) is 22.5 Å². The van der Waals surface area contributed by atoms with E-state index >= 15 is 0 Å². The molecule has 2 aliphatic heterocycles. The van der Waals surface area contributed by atoms with E-state index in [1.54, 1.807) is 0 Å². The van der Waals surface area contributed by atoms with Crippen molar-refractivity contribution in [1.29, 1.82) is 0 Å². The van der Waals surface area contributed by atoms with Gasteiger partial charge in [0.1, 0.15) is 0 Å². The molecular weight excluding hydrogens is 265 g/mol. The standard InChI is InChI=1S/C10H13F3N4S/c11-10(12,13)7-15-8(18-16-7)17-4-2-9(6-17)1-3-14-5-9/h14H,1-6H2. The monoisotopic (exact) mass is 278 g/mol. The third kappa shape index (κ3) is 2.07. The van der Waals surface area contributed by atoms with E-state index in [1.807, 2.05) is 4.90 Å². The van der Waals surface area contributed by atoms with Crippen LogP contribution in [0.4, 0.5) is 18.3 Å². The minimum Gasteiger partial charge on any atom is -0.346 e. The lowest BCUT2D eigenvalue weighted by atomic mass is 9.87. The van der Waals surface area contributed by atoms with Gasteiger partial charge in [-0.15, -0.1) is 0 Å². The third-order valence-corrected chi connectivity index (χ3v) is 4.49. The molecule has 2 saturated heterocycles. The van der Waals surface area contributed by atoms with E-state index in [9.17, 15) is 13.2 Å². The number of aromatic nitrogens is 2. The summed E-state index contributed by atoms with van der Waals surface area (Å²) in [6.07, 6.45) is -2.34. The minimum atomic E-state index is -4.44. The number of nitrogens with zero attached hydrogens (tertiary/aromatic N) is 3. The van der Waals surface area contributed by atoms with Crippen molar-refractivity contribution in [3.8, 4) is 0 Å². The molecule has 0 saturated carbocycles. The topological polar surface area (TPSA) is 41.1 Å². The lowest BCUT2D eigenvalue weighted by Crippen LogP contribution is -2.29. The smallest absolute Gasteiger partial charge is 0.346 e. The van der Waals surface area contributed by atoms with Gasteiger partial charge in [0.15, 0.2) is 0 Å². The number of nitrogens with one attached hydrogen (secondary N) is 1. The molecule has 8 heteroatoms. The number of alkyl halides is 3. The average Bonchev–Trinajstić information content (AvgIpc) is 3.00. The molecule has 1 N–H and O–H groups in total. The molecule has 2 aliphatic rings. The van der Waals surface area contributed by atoms with Gasteiger partial charge in [-0.3, -0.25) is 0 Å². The fourth-order valence-corrected chi connectivity index (χ4v) is 3.41. The van der Waals surface area contributed by atoms with Crippen molar-refractivity contribution >= 4 is 16.7 Å². The zero-order chi connectivity index (χ0) is 12.8.